The molecule has 2 amide bonds. The van der Waals surface area contributed by atoms with E-state index in [4.69, 9.17) is 11.6 Å². The second kappa shape index (κ2) is 8.75. The Kier molecular flexibility index (Phi) is 5.73. The number of carbonyl (C=O) groups is 2. The smallest absolute Gasteiger partial charge is 0.260 e. The minimum absolute atomic E-state index is 0.0282. The van der Waals surface area contributed by atoms with E-state index in [2.05, 4.69) is 12.0 Å². The van der Waals surface area contributed by atoms with Gasteiger partial charge in [-0.2, -0.15) is 5.01 Å². The summed E-state index contributed by atoms with van der Waals surface area (Å²) in [6.45, 7) is 5.97. The van der Waals surface area contributed by atoms with Crippen molar-refractivity contribution in [2.24, 2.45) is 5.92 Å². The summed E-state index contributed by atoms with van der Waals surface area (Å²) in [4.78, 5) is 28.3. The average molecular weight is 485 g/mol. The van der Waals surface area contributed by atoms with Crippen molar-refractivity contribution in [1.29, 1.82) is 0 Å². The molecule has 1 saturated heterocycles. The first-order valence-corrected chi connectivity index (χ1v) is 11.8. The zero-order valence-corrected chi connectivity index (χ0v) is 20.0. The number of nitrogens with one attached hydrogen (secondary N) is 1. The fourth-order valence-electron chi connectivity index (χ4n) is 5.48. The van der Waals surface area contributed by atoms with E-state index >= 15 is 0 Å². The van der Waals surface area contributed by atoms with Gasteiger partial charge in [-0.1, -0.05) is 84.4 Å². The van der Waals surface area contributed by atoms with E-state index < -0.39 is 17.3 Å². The average Bonchev–Trinajstić information content (AvgIpc) is 3.08. The molecule has 3 atom stereocenters. The summed E-state index contributed by atoms with van der Waals surface area (Å²) in [7, 11) is 0. The van der Waals surface area contributed by atoms with Gasteiger partial charge in [-0.15, -0.1) is 0 Å². The maximum atomic E-state index is 14.5. The number of hydrogen-bond acceptors (Lipinski definition) is 4. The van der Waals surface area contributed by atoms with Gasteiger partial charge < -0.3 is 5.11 Å². The highest BCUT2D eigenvalue weighted by atomic mass is 35.5. The van der Waals surface area contributed by atoms with Crippen LogP contribution in [-0.4, -0.2) is 21.9 Å². The third-order valence-electron chi connectivity index (χ3n) is 7.08. The Balaban J connectivity index is 1.73. The first-order chi connectivity index (χ1) is 16.9. The van der Waals surface area contributed by atoms with Crippen molar-refractivity contribution in [2.75, 3.05) is 5.43 Å². The van der Waals surface area contributed by atoms with Crippen LogP contribution in [0.3, 0.4) is 0 Å². The molecule has 1 aliphatic heterocycles. The number of imide groups is 1. The van der Waals surface area contributed by atoms with Crippen LogP contribution in [-0.2, 0) is 15.0 Å². The van der Waals surface area contributed by atoms with Gasteiger partial charge in [0.25, 0.3) is 11.8 Å². The van der Waals surface area contributed by atoms with Gasteiger partial charge in [-0.3, -0.25) is 15.0 Å². The van der Waals surface area contributed by atoms with E-state index in [9.17, 15) is 14.7 Å². The topological polar surface area (TPSA) is 69.6 Å². The Morgan fingerprint density at radius 1 is 1.09 bits per heavy atom. The summed E-state index contributed by atoms with van der Waals surface area (Å²) in [5, 5.41) is 11.5. The zero-order valence-electron chi connectivity index (χ0n) is 19.2. The lowest BCUT2D eigenvalue weighted by atomic mass is 9.56. The SMILES string of the molecule is C=CC1=CC[C@H]2C(=O)N(Nc3ccc(C)cc3)C(=O)[C@@]2(c2ccccc2)[C@H]1c1ccc(O)cc1Cl. The fourth-order valence-corrected chi connectivity index (χ4v) is 5.76. The van der Waals surface area contributed by atoms with Gasteiger partial charge >= 0.3 is 0 Å². The molecule has 0 spiro atoms. The van der Waals surface area contributed by atoms with E-state index in [-0.39, 0.29) is 17.6 Å². The molecular weight excluding hydrogens is 460 g/mol. The third-order valence-corrected chi connectivity index (χ3v) is 7.41. The minimum atomic E-state index is -1.24. The number of aryl methyl sites for hydroxylation is 1. The Hall–Kier alpha value is -3.83. The number of amides is 2. The predicted octanol–water partition coefficient (Wildman–Crippen LogP) is 5.90. The number of aromatic hydroxyl groups is 1. The Morgan fingerprint density at radius 2 is 1.80 bits per heavy atom. The van der Waals surface area contributed by atoms with Crippen LogP contribution in [0.4, 0.5) is 5.69 Å². The van der Waals surface area contributed by atoms with E-state index in [0.717, 1.165) is 21.7 Å². The van der Waals surface area contributed by atoms with Gasteiger partial charge in [-0.25, -0.2) is 0 Å². The lowest BCUT2D eigenvalue weighted by Crippen LogP contribution is -2.48. The van der Waals surface area contributed by atoms with Gasteiger partial charge in [0.1, 0.15) is 5.75 Å². The molecule has 1 heterocycles. The number of benzene rings is 3. The number of carbonyl (C=O) groups excluding carboxylic acids is 2. The number of phenols is 1. The molecule has 3 aromatic rings. The Labute approximate surface area is 209 Å². The molecule has 3 aromatic carbocycles. The number of hydrogen-bond donors (Lipinski definition) is 2. The highest BCUT2D eigenvalue weighted by Gasteiger charge is 2.66. The lowest BCUT2D eigenvalue weighted by molar-refractivity contribution is -0.138. The highest BCUT2D eigenvalue weighted by molar-refractivity contribution is 6.31. The molecule has 1 aliphatic carbocycles. The number of fused-ring (bicyclic) bond motifs is 1. The molecule has 1 fully saturated rings. The number of allylic oxidation sites excluding steroid dienone is 3. The van der Waals surface area contributed by atoms with E-state index in [0.29, 0.717) is 22.7 Å². The summed E-state index contributed by atoms with van der Waals surface area (Å²) in [5.74, 6) is -1.83. The molecule has 0 aromatic heterocycles. The first kappa shape index (κ1) is 22.9. The van der Waals surface area contributed by atoms with Gasteiger partial charge in [0, 0.05) is 10.9 Å². The quantitative estimate of drug-likeness (QED) is 0.442. The van der Waals surface area contributed by atoms with Crippen LogP contribution < -0.4 is 5.43 Å². The molecule has 2 N–H and O–H groups in total. The van der Waals surface area contributed by atoms with Crippen LogP contribution >= 0.6 is 11.6 Å². The van der Waals surface area contributed by atoms with Gasteiger partial charge in [0.2, 0.25) is 0 Å². The molecule has 0 radical (unpaired) electrons. The zero-order chi connectivity index (χ0) is 24.7. The first-order valence-electron chi connectivity index (χ1n) is 11.5. The lowest BCUT2D eigenvalue weighted by Gasteiger charge is -2.43. The molecule has 0 unspecified atom stereocenters. The number of anilines is 1. The van der Waals surface area contributed by atoms with E-state index in [1.165, 1.54) is 6.07 Å². The normalized spacial score (nSPS) is 23.6. The summed E-state index contributed by atoms with van der Waals surface area (Å²) in [6.07, 6.45) is 4.08. The maximum Gasteiger partial charge on any atom is 0.260 e. The van der Waals surface area contributed by atoms with Crippen LogP contribution in [0.2, 0.25) is 5.02 Å². The summed E-state index contributed by atoms with van der Waals surface area (Å²) in [5.41, 5.74) is 5.75. The van der Waals surface area contributed by atoms with Crippen molar-refractivity contribution in [1.82, 2.24) is 5.01 Å². The second-order valence-corrected chi connectivity index (χ2v) is 9.43. The molecular formula is C29H25ClN2O3. The van der Waals surface area contributed by atoms with Crippen LogP contribution in [0, 0.1) is 12.8 Å². The van der Waals surface area contributed by atoms with Crippen molar-refractivity contribution < 1.29 is 14.7 Å². The number of halogens is 1. The largest absolute Gasteiger partial charge is 0.508 e. The Bertz CT molecular complexity index is 1350. The van der Waals surface area contributed by atoms with Crippen molar-refractivity contribution in [3.8, 4) is 5.75 Å². The molecule has 35 heavy (non-hydrogen) atoms. The van der Waals surface area contributed by atoms with Crippen LogP contribution in [0.15, 0.2) is 97.1 Å². The molecule has 0 bridgehead atoms. The van der Waals surface area contributed by atoms with Crippen molar-refractivity contribution >= 4 is 29.1 Å². The Morgan fingerprint density at radius 3 is 2.46 bits per heavy atom. The minimum Gasteiger partial charge on any atom is -0.508 e. The fraction of sp³-hybridized carbons (Fsp3) is 0.172. The van der Waals surface area contributed by atoms with Gasteiger partial charge in [0.05, 0.1) is 17.0 Å². The van der Waals surface area contributed by atoms with Crippen LogP contribution in [0.1, 0.15) is 29.0 Å². The van der Waals surface area contributed by atoms with E-state index in [1.54, 1.807) is 18.2 Å². The predicted molar refractivity (Wildman–Crippen MR) is 137 cm³/mol. The number of phenolic OH excluding ortho intramolecular Hbond substituents is 1. The van der Waals surface area contributed by atoms with E-state index in [1.807, 2.05) is 67.6 Å². The van der Waals surface area contributed by atoms with Crippen LogP contribution in [0.25, 0.3) is 0 Å². The number of hydrazine groups is 1. The summed E-state index contributed by atoms with van der Waals surface area (Å²) in [6, 6.07) is 21.7. The summed E-state index contributed by atoms with van der Waals surface area (Å²) >= 11 is 6.64. The monoisotopic (exact) mass is 484 g/mol. The van der Waals surface area contributed by atoms with Crippen LogP contribution in [0.5, 0.6) is 5.75 Å². The molecule has 5 rings (SSSR count). The maximum absolute atomic E-state index is 14.5. The molecule has 6 heteroatoms. The molecule has 176 valence electrons. The standard InChI is InChI=1S/C29H25ClN2O3/c1-3-19-11-16-24-27(34)32(31-21-12-9-18(2)10-13-21)28(35)29(24,20-7-5-4-6-8-20)26(19)23-15-14-22(33)17-25(23)30/h3-15,17,24,26,31,33H,1,16H2,2H3/t24-,26+,29+/m0/s1. The van der Waals surface area contributed by atoms with Gasteiger partial charge in [-0.05, 0) is 54.3 Å². The molecule has 0 saturated carbocycles. The second-order valence-electron chi connectivity index (χ2n) is 9.03. The highest BCUT2D eigenvalue weighted by Crippen LogP contribution is 2.58. The number of nitrogens with zero attached hydrogens (tertiary/aromatic N) is 1. The third kappa shape index (κ3) is 3.55. The molecule has 5 nitrogen and oxygen atoms in total. The number of rotatable bonds is 5. The van der Waals surface area contributed by atoms with Gasteiger partial charge in [0.15, 0.2) is 0 Å². The van der Waals surface area contributed by atoms with Crippen molar-refractivity contribution in [3.63, 3.8) is 0 Å². The summed E-state index contributed by atoms with van der Waals surface area (Å²) < 4.78 is 0. The molecule has 2 aliphatic rings. The van der Waals surface area contributed by atoms with Crippen molar-refractivity contribution in [2.45, 2.75) is 24.7 Å². The van der Waals surface area contributed by atoms with Crippen molar-refractivity contribution in [3.05, 3.63) is 119 Å².